The molecule has 5 rings (SSSR count). The van der Waals surface area contributed by atoms with Crippen molar-refractivity contribution in [1.29, 1.82) is 0 Å². The van der Waals surface area contributed by atoms with Crippen LogP contribution in [0.25, 0.3) is 27.7 Å². The smallest absolute Gasteiger partial charge is 0.131 e. The van der Waals surface area contributed by atoms with Crippen molar-refractivity contribution in [3.63, 3.8) is 0 Å². The molecule has 2 fully saturated rings. The SMILES string of the molecule is CN1CCC(N=CC(=CN)c2cnc3cccc(-c4cc(F)c(CN5CCOCC5)c(F)c4)c3n2)CC1. The summed E-state index contributed by atoms with van der Waals surface area (Å²) in [6.07, 6.45) is 6.87. The summed E-state index contributed by atoms with van der Waals surface area (Å²) in [7, 11) is 2.11. The second-order valence-corrected chi connectivity index (χ2v) is 9.67. The third-order valence-corrected chi connectivity index (χ3v) is 7.10. The number of piperidine rings is 1. The highest BCUT2D eigenvalue weighted by molar-refractivity contribution is 6.09. The number of likely N-dealkylation sites (tertiary alicyclic amines) is 1. The van der Waals surface area contributed by atoms with Gasteiger partial charge < -0.3 is 15.4 Å². The van der Waals surface area contributed by atoms with E-state index in [2.05, 4.69) is 16.9 Å². The number of rotatable bonds is 6. The third-order valence-electron chi connectivity index (χ3n) is 7.10. The van der Waals surface area contributed by atoms with Gasteiger partial charge in [-0.1, -0.05) is 12.1 Å². The number of aliphatic imine (C=N–C) groups is 1. The van der Waals surface area contributed by atoms with Crippen LogP contribution in [-0.4, -0.2) is 78.5 Å². The Balaban J connectivity index is 1.44. The molecule has 2 N–H and O–H groups in total. The van der Waals surface area contributed by atoms with E-state index in [1.165, 1.54) is 18.3 Å². The van der Waals surface area contributed by atoms with Gasteiger partial charge in [0, 0.05) is 48.7 Å². The molecule has 194 valence electrons. The monoisotopic (exact) mass is 506 g/mol. The Bertz CT molecular complexity index is 1290. The molecule has 0 radical (unpaired) electrons. The zero-order valence-corrected chi connectivity index (χ0v) is 21.0. The number of halogens is 2. The van der Waals surface area contributed by atoms with Gasteiger partial charge in [-0.2, -0.15) is 0 Å². The van der Waals surface area contributed by atoms with Crippen molar-refractivity contribution in [2.24, 2.45) is 10.7 Å². The normalized spacial score (nSPS) is 18.7. The number of hydrogen-bond acceptors (Lipinski definition) is 7. The second kappa shape index (κ2) is 11.4. The van der Waals surface area contributed by atoms with Crippen molar-refractivity contribution in [1.82, 2.24) is 19.8 Å². The molecule has 37 heavy (non-hydrogen) atoms. The summed E-state index contributed by atoms with van der Waals surface area (Å²) in [4.78, 5) is 18.4. The van der Waals surface area contributed by atoms with Gasteiger partial charge in [0.25, 0.3) is 0 Å². The summed E-state index contributed by atoms with van der Waals surface area (Å²) < 4.78 is 35.6. The van der Waals surface area contributed by atoms with Crippen molar-refractivity contribution in [3.8, 4) is 11.1 Å². The summed E-state index contributed by atoms with van der Waals surface area (Å²) in [6.45, 7) is 4.69. The second-order valence-electron chi connectivity index (χ2n) is 9.67. The lowest BCUT2D eigenvalue weighted by atomic mass is 10.0. The van der Waals surface area contributed by atoms with Crippen LogP contribution in [0.15, 0.2) is 47.7 Å². The highest BCUT2D eigenvalue weighted by atomic mass is 19.1. The number of nitrogens with zero attached hydrogens (tertiary/aromatic N) is 5. The third kappa shape index (κ3) is 5.84. The fraction of sp³-hybridized carbons (Fsp3) is 0.393. The maximum atomic E-state index is 15.1. The molecule has 2 aromatic carbocycles. The molecule has 3 aromatic rings. The predicted molar refractivity (Wildman–Crippen MR) is 142 cm³/mol. The van der Waals surface area contributed by atoms with Gasteiger partial charge in [-0.25, -0.2) is 13.8 Å². The fourth-order valence-corrected chi connectivity index (χ4v) is 4.82. The van der Waals surface area contributed by atoms with E-state index < -0.39 is 11.6 Å². The molecule has 0 spiro atoms. The average molecular weight is 507 g/mol. The summed E-state index contributed by atoms with van der Waals surface area (Å²) in [5.74, 6) is -1.15. The predicted octanol–water partition coefficient (Wildman–Crippen LogP) is 3.87. The number of para-hydroxylation sites is 1. The van der Waals surface area contributed by atoms with Gasteiger partial charge in [0.2, 0.25) is 0 Å². The van der Waals surface area contributed by atoms with Crippen molar-refractivity contribution in [2.75, 3.05) is 46.4 Å². The van der Waals surface area contributed by atoms with Crippen molar-refractivity contribution < 1.29 is 13.5 Å². The first kappa shape index (κ1) is 25.4. The number of fused-ring (bicyclic) bond motifs is 1. The molecular formula is C28H32F2N6O. The van der Waals surface area contributed by atoms with Gasteiger partial charge >= 0.3 is 0 Å². The molecule has 0 saturated carbocycles. The summed E-state index contributed by atoms with van der Waals surface area (Å²) >= 11 is 0. The van der Waals surface area contributed by atoms with Gasteiger partial charge in [-0.05, 0) is 56.7 Å². The minimum absolute atomic E-state index is 0.0659. The van der Waals surface area contributed by atoms with Crippen molar-refractivity contribution in [2.45, 2.75) is 25.4 Å². The van der Waals surface area contributed by atoms with E-state index in [4.69, 9.17) is 20.4 Å². The van der Waals surface area contributed by atoms with Crippen LogP contribution in [0.3, 0.4) is 0 Å². The van der Waals surface area contributed by atoms with E-state index in [0.29, 0.717) is 59.7 Å². The van der Waals surface area contributed by atoms with E-state index in [-0.39, 0.29) is 18.2 Å². The van der Waals surface area contributed by atoms with E-state index in [0.717, 1.165) is 25.9 Å². The van der Waals surface area contributed by atoms with Crippen LogP contribution >= 0.6 is 0 Å². The molecule has 1 aromatic heterocycles. The first-order valence-corrected chi connectivity index (χ1v) is 12.7. The Morgan fingerprint density at radius 2 is 1.86 bits per heavy atom. The average Bonchev–Trinajstić information content (AvgIpc) is 2.92. The van der Waals surface area contributed by atoms with Gasteiger partial charge in [0.05, 0.1) is 42.2 Å². The van der Waals surface area contributed by atoms with E-state index in [9.17, 15) is 0 Å². The largest absolute Gasteiger partial charge is 0.404 e. The number of hydrogen-bond donors (Lipinski definition) is 1. The molecule has 0 unspecified atom stereocenters. The molecule has 0 amide bonds. The standard InChI is InChI=1S/C28H32F2N6O/c1-35-7-5-21(6-8-35)32-16-20(15-31)27-17-33-26-4-2-3-22(28(26)34-27)19-13-24(29)23(25(30)14-19)18-36-9-11-37-12-10-36/h2-4,13-17,21H,5-12,18,31H2,1H3. The molecule has 3 heterocycles. The molecule has 2 aliphatic rings. The van der Waals surface area contributed by atoms with Crippen LogP contribution in [0, 0.1) is 11.6 Å². The van der Waals surface area contributed by atoms with Crippen molar-refractivity contribution >= 4 is 22.8 Å². The summed E-state index contributed by atoms with van der Waals surface area (Å²) in [5, 5.41) is 0. The summed E-state index contributed by atoms with van der Waals surface area (Å²) in [6, 6.07) is 8.44. The Labute approximate surface area is 215 Å². The Hall–Kier alpha value is -3.27. The molecule has 9 heteroatoms. The van der Waals surface area contributed by atoms with Crippen LogP contribution in [0.1, 0.15) is 24.1 Å². The topological polar surface area (TPSA) is 79.9 Å². The molecule has 2 aliphatic heterocycles. The Morgan fingerprint density at radius 3 is 2.57 bits per heavy atom. The quantitative estimate of drug-likeness (QED) is 0.512. The highest BCUT2D eigenvalue weighted by Crippen LogP contribution is 2.30. The maximum absolute atomic E-state index is 15.1. The first-order chi connectivity index (χ1) is 18.0. The van der Waals surface area contributed by atoms with Gasteiger partial charge in [-0.15, -0.1) is 0 Å². The van der Waals surface area contributed by atoms with Crippen LogP contribution in [0.5, 0.6) is 0 Å². The molecule has 2 saturated heterocycles. The Kier molecular flexibility index (Phi) is 7.83. The zero-order valence-electron chi connectivity index (χ0n) is 21.0. The number of morpholine rings is 1. The molecule has 0 bridgehead atoms. The number of nitrogens with two attached hydrogens (primary N) is 1. The number of aromatic nitrogens is 2. The Morgan fingerprint density at radius 1 is 1.14 bits per heavy atom. The molecule has 7 nitrogen and oxygen atoms in total. The van der Waals surface area contributed by atoms with Gasteiger partial charge in [0.1, 0.15) is 11.6 Å². The molecule has 0 atom stereocenters. The number of benzene rings is 2. The maximum Gasteiger partial charge on any atom is 0.131 e. The van der Waals surface area contributed by atoms with E-state index in [1.807, 2.05) is 17.0 Å². The van der Waals surface area contributed by atoms with Crippen LogP contribution < -0.4 is 5.73 Å². The fourth-order valence-electron chi connectivity index (χ4n) is 4.82. The minimum atomic E-state index is -0.574. The molecular weight excluding hydrogens is 474 g/mol. The zero-order chi connectivity index (χ0) is 25.8. The number of ether oxygens (including phenoxy) is 1. The lowest BCUT2D eigenvalue weighted by Gasteiger charge is -2.27. The molecule has 0 aliphatic carbocycles. The van der Waals surface area contributed by atoms with Gasteiger partial charge in [-0.3, -0.25) is 14.9 Å². The van der Waals surface area contributed by atoms with E-state index in [1.54, 1.807) is 18.5 Å². The lowest BCUT2D eigenvalue weighted by molar-refractivity contribution is 0.0332. The first-order valence-electron chi connectivity index (χ1n) is 12.7. The van der Waals surface area contributed by atoms with E-state index >= 15 is 8.78 Å². The summed E-state index contributed by atoms with van der Waals surface area (Å²) in [5.41, 5.74) is 9.40. The highest BCUT2D eigenvalue weighted by Gasteiger charge is 2.19. The van der Waals surface area contributed by atoms with Crippen LogP contribution in [0.4, 0.5) is 8.78 Å². The lowest BCUT2D eigenvalue weighted by Crippen LogP contribution is -2.36. The van der Waals surface area contributed by atoms with Crippen LogP contribution in [-0.2, 0) is 11.3 Å². The minimum Gasteiger partial charge on any atom is -0.404 e. The van der Waals surface area contributed by atoms with Crippen molar-refractivity contribution in [3.05, 3.63) is 65.6 Å². The van der Waals surface area contributed by atoms with Gasteiger partial charge in [0.15, 0.2) is 0 Å². The number of allylic oxidation sites excluding steroid dienone is 1. The van der Waals surface area contributed by atoms with Crippen LogP contribution in [0.2, 0.25) is 0 Å².